The van der Waals surface area contributed by atoms with E-state index in [4.69, 9.17) is 0 Å². The Morgan fingerprint density at radius 2 is 1.96 bits per heavy atom. The van der Waals surface area contributed by atoms with E-state index in [2.05, 4.69) is 15.6 Å². The molecule has 7 heteroatoms. The largest absolute Gasteiger partial charge is 0.323 e. The predicted molar refractivity (Wildman–Crippen MR) is 91.3 cm³/mol. The second-order valence-electron chi connectivity index (χ2n) is 5.04. The summed E-state index contributed by atoms with van der Waals surface area (Å²) in [7, 11) is 0. The van der Waals surface area contributed by atoms with E-state index in [1.54, 1.807) is 29.5 Å². The van der Waals surface area contributed by atoms with Crippen LogP contribution in [0.1, 0.15) is 5.01 Å². The number of hydrogen-bond acceptors (Lipinski definition) is 3. The van der Waals surface area contributed by atoms with Gasteiger partial charge in [0.2, 0.25) is 0 Å². The summed E-state index contributed by atoms with van der Waals surface area (Å²) >= 11 is 1.54. The first-order chi connectivity index (χ1) is 11.5. The molecule has 0 unspecified atom stereocenters. The van der Waals surface area contributed by atoms with Crippen molar-refractivity contribution in [2.45, 2.75) is 6.92 Å². The average Bonchev–Trinajstić information content (AvgIpc) is 2.97. The fraction of sp³-hybridized carbons (Fsp3) is 0.0588. The van der Waals surface area contributed by atoms with Crippen molar-refractivity contribution in [3.05, 3.63) is 64.5 Å². The van der Waals surface area contributed by atoms with Gasteiger partial charge in [-0.3, -0.25) is 0 Å². The number of benzene rings is 2. The van der Waals surface area contributed by atoms with Gasteiger partial charge in [0.05, 0.1) is 16.4 Å². The number of thiazole rings is 1. The highest BCUT2D eigenvalue weighted by molar-refractivity contribution is 7.09. The lowest BCUT2D eigenvalue weighted by molar-refractivity contribution is 0.262. The molecule has 4 nitrogen and oxygen atoms in total. The number of carbonyl (C=O) groups is 1. The van der Waals surface area contributed by atoms with Gasteiger partial charge >= 0.3 is 6.03 Å². The second kappa shape index (κ2) is 6.76. The number of halogens is 2. The maximum absolute atomic E-state index is 13.5. The average molecular weight is 345 g/mol. The highest BCUT2D eigenvalue weighted by Crippen LogP contribution is 2.24. The number of nitrogens with zero attached hydrogens (tertiary/aromatic N) is 1. The maximum Gasteiger partial charge on any atom is 0.323 e. The van der Waals surface area contributed by atoms with Crippen LogP contribution in [0.4, 0.5) is 25.0 Å². The normalized spacial score (nSPS) is 10.5. The first-order valence-corrected chi connectivity index (χ1v) is 7.95. The number of urea groups is 1. The van der Waals surface area contributed by atoms with Gasteiger partial charge in [-0.05, 0) is 31.2 Å². The molecule has 3 aromatic rings. The van der Waals surface area contributed by atoms with Gasteiger partial charge in [0.25, 0.3) is 0 Å². The van der Waals surface area contributed by atoms with E-state index in [-0.39, 0.29) is 5.69 Å². The number of rotatable bonds is 3. The summed E-state index contributed by atoms with van der Waals surface area (Å²) in [4.78, 5) is 16.4. The Morgan fingerprint density at radius 3 is 2.67 bits per heavy atom. The van der Waals surface area contributed by atoms with Gasteiger partial charge in [-0.1, -0.05) is 12.1 Å². The van der Waals surface area contributed by atoms with Crippen LogP contribution in [0.5, 0.6) is 0 Å². The molecule has 122 valence electrons. The molecule has 0 aliphatic carbocycles. The van der Waals surface area contributed by atoms with E-state index < -0.39 is 17.7 Å². The SMILES string of the molecule is Cc1nc(-c2cccc(NC(=O)Nc3ccc(F)cc3F)c2)cs1. The van der Waals surface area contributed by atoms with Crippen LogP contribution < -0.4 is 10.6 Å². The van der Waals surface area contributed by atoms with E-state index in [1.807, 2.05) is 18.4 Å². The molecule has 3 rings (SSSR count). The van der Waals surface area contributed by atoms with Crippen molar-refractivity contribution in [2.75, 3.05) is 10.6 Å². The number of aryl methyl sites for hydroxylation is 1. The van der Waals surface area contributed by atoms with Crippen molar-refractivity contribution >= 4 is 28.7 Å². The highest BCUT2D eigenvalue weighted by atomic mass is 32.1. The van der Waals surface area contributed by atoms with E-state index in [0.29, 0.717) is 11.8 Å². The standard InChI is InChI=1S/C17H13F2N3OS/c1-10-20-16(9-24-10)11-3-2-4-13(7-11)21-17(23)22-15-6-5-12(18)8-14(15)19/h2-9H,1H3,(H2,21,22,23). The minimum absolute atomic E-state index is 0.0971. The molecule has 0 fully saturated rings. The Bertz CT molecular complexity index is 895. The quantitative estimate of drug-likeness (QED) is 0.699. The van der Waals surface area contributed by atoms with E-state index >= 15 is 0 Å². The first kappa shape index (κ1) is 16.1. The number of carbonyl (C=O) groups excluding carboxylic acids is 1. The number of nitrogens with one attached hydrogen (secondary N) is 2. The van der Waals surface area contributed by atoms with Crippen molar-refractivity contribution in [3.63, 3.8) is 0 Å². The summed E-state index contributed by atoms with van der Waals surface area (Å²) in [6, 6.07) is 9.49. The van der Waals surface area contributed by atoms with Gasteiger partial charge in [0, 0.05) is 22.7 Å². The highest BCUT2D eigenvalue weighted by Gasteiger charge is 2.09. The summed E-state index contributed by atoms with van der Waals surface area (Å²) in [5, 5.41) is 7.84. The van der Waals surface area contributed by atoms with Crippen LogP contribution in [0.15, 0.2) is 47.8 Å². The summed E-state index contributed by atoms with van der Waals surface area (Å²) in [5.41, 5.74) is 2.13. The van der Waals surface area contributed by atoms with E-state index in [9.17, 15) is 13.6 Å². The molecular weight excluding hydrogens is 332 g/mol. The molecule has 1 heterocycles. The predicted octanol–water partition coefficient (Wildman–Crippen LogP) is 5.04. The number of aromatic nitrogens is 1. The van der Waals surface area contributed by atoms with Crippen LogP contribution in [-0.2, 0) is 0 Å². The van der Waals surface area contributed by atoms with E-state index in [0.717, 1.165) is 22.3 Å². The topological polar surface area (TPSA) is 54.0 Å². The van der Waals surface area contributed by atoms with Crippen molar-refractivity contribution < 1.29 is 13.6 Å². The molecule has 0 aliphatic heterocycles. The molecule has 1 aromatic heterocycles. The molecular formula is C17H13F2N3OS. The number of amides is 2. The maximum atomic E-state index is 13.5. The third-order valence-electron chi connectivity index (χ3n) is 3.21. The van der Waals surface area contributed by atoms with Crippen LogP contribution in [0.3, 0.4) is 0 Å². The Hall–Kier alpha value is -2.80. The zero-order chi connectivity index (χ0) is 17.1. The molecule has 0 bridgehead atoms. The van der Waals surface area contributed by atoms with Gasteiger partial charge in [0.1, 0.15) is 11.6 Å². The molecule has 2 N–H and O–H groups in total. The lowest BCUT2D eigenvalue weighted by Crippen LogP contribution is -2.20. The van der Waals surface area contributed by atoms with Crippen molar-refractivity contribution in [2.24, 2.45) is 0 Å². The summed E-state index contributed by atoms with van der Waals surface area (Å²) in [5.74, 6) is -1.54. The third kappa shape index (κ3) is 3.75. The Balaban J connectivity index is 1.72. The van der Waals surface area contributed by atoms with Gasteiger partial charge in [-0.25, -0.2) is 18.6 Å². The molecule has 0 saturated heterocycles. The number of anilines is 2. The first-order valence-electron chi connectivity index (χ1n) is 7.07. The second-order valence-corrected chi connectivity index (χ2v) is 6.10. The van der Waals surface area contributed by atoms with Gasteiger partial charge in [-0.15, -0.1) is 11.3 Å². The summed E-state index contributed by atoms with van der Waals surface area (Å²) in [6.45, 7) is 1.92. The number of hydrogen-bond donors (Lipinski definition) is 2. The van der Waals surface area contributed by atoms with Crippen LogP contribution in [0.25, 0.3) is 11.3 Å². The van der Waals surface area contributed by atoms with Crippen LogP contribution in [-0.4, -0.2) is 11.0 Å². The van der Waals surface area contributed by atoms with Crippen molar-refractivity contribution in [1.82, 2.24) is 4.98 Å². The van der Waals surface area contributed by atoms with Crippen molar-refractivity contribution in [1.29, 1.82) is 0 Å². The van der Waals surface area contributed by atoms with Gasteiger partial charge in [-0.2, -0.15) is 0 Å². The molecule has 0 atom stereocenters. The molecule has 0 spiro atoms. The van der Waals surface area contributed by atoms with Crippen LogP contribution in [0, 0.1) is 18.6 Å². The van der Waals surface area contributed by atoms with Gasteiger partial charge in [0.15, 0.2) is 0 Å². The monoisotopic (exact) mass is 345 g/mol. The summed E-state index contributed by atoms with van der Waals surface area (Å²) in [6.07, 6.45) is 0. The van der Waals surface area contributed by atoms with Gasteiger partial charge < -0.3 is 10.6 Å². The molecule has 2 aromatic carbocycles. The Labute approximate surface area is 141 Å². The molecule has 0 aliphatic rings. The smallest absolute Gasteiger partial charge is 0.308 e. The Kier molecular flexibility index (Phi) is 4.52. The lowest BCUT2D eigenvalue weighted by Gasteiger charge is -2.09. The molecule has 0 saturated carbocycles. The van der Waals surface area contributed by atoms with Crippen LogP contribution in [0.2, 0.25) is 0 Å². The zero-order valence-corrected chi connectivity index (χ0v) is 13.5. The fourth-order valence-corrected chi connectivity index (χ4v) is 2.75. The van der Waals surface area contributed by atoms with Crippen LogP contribution >= 0.6 is 11.3 Å². The molecule has 2 amide bonds. The zero-order valence-electron chi connectivity index (χ0n) is 12.6. The third-order valence-corrected chi connectivity index (χ3v) is 3.99. The minimum Gasteiger partial charge on any atom is -0.308 e. The lowest BCUT2D eigenvalue weighted by atomic mass is 10.1. The van der Waals surface area contributed by atoms with Crippen molar-refractivity contribution in [3.8, 4) is 11.3 Å². The summed E-state index contributed by atoms with van der Waals surface area (Å²) < 4.78 is 26.4. The van der Waals surface area contributed by atoms with E-state index in [1.165, 1.54) is 6.07 Å². The molecule has 0 radical (unpaired) electrons. The minimum atomic E-state index is -0.836. The Morgan fingerprint density at radius 1 is 1.12 bits per heavy atom. The molecule has 24 heavy (non-hydrogen) atoms. The fourth-order valence-electron chi connectivity index (χ4n) is 2.13.